The number of hydrogen-bond donors (Lipinski definition) is 16. The normalized spacial score (nSPS) is 23.6. The smallest absolute Gasteiger partial charge is 0.469 e. The molecule has 4 fully saturated rings. The Labute approximate surface area is 499 Å². The van der Waals surface area contributed by atoms with E-state index in [9.17, 15) is 98.0 Å². The number of nitrogens with zero attached hydrogens (tertiary/aromatic N) is 4. The average molecular weight is 1250 g/mol. The Morgan fingerprint density at radius 2 is 1.08 bits per heavy atom. The summed E-state index contributed by atoms with van der Waals surface area (Å²) >= 11 is 0. The Balaban J connectivity index is 1.22. The van der Waals surface area contributed by atoms with E-state index in [4.69, 9.17) is 11.5 Å². The number of amides is 9. The lowest BCUT2D eigenvalue weighted by Gasteiger charge is -2.34. The molecule has 2 aromatic carbocycles. The first-order valence-electron chi connectivity index (χ1n) is 28.4. The van der Waals surface area contributed by atoms with Crippen molar-refractivity contribution in [1.29, 1.82) is 0 Å². The largest absolute Gasteiger partial charge is 0.508 e. The second kappa shape index (κ2) is 30.5. The van der Waals surface area contributed by atoms with E-state index in [2.05, 4.69) is 31.1 Å². The van der Waals surface area contributed by atoms with E-state index in [-0.39, 0.29) is 62.3 Å². The number of aliphatic hydroxyl groups is 4. The Morgan fingerprint density at radius 3 is 1.59 bits per heavy atom. The molecule has 0 bridgehead atoms. The van der Waals surface area contributed by atoms with Crippen molar-refractivity contribution in [3.63, 3.8) is 0 Å². The minimum atomic E-state index is -5.39. The summed E-state index contributed by atoms with van der Waals surface area (Å²) in [6.07, 6.45) is -6.37. The number of carboxylic acid groups (broad SMARTS) is 1. The number of rotatable bonds is 27. The van der Waals surface area contributed by atoms with Gasteiger partial charge in [0.15, 0.2) is 0 Å². The zero-order valence-corrected chi connectivity index (χ0v) is 48.7. The van der Waals surface area contributed by atoms with E-state index in [1.54, 1.807) is 0 Å². The number of aliphatic carboxylic acids is 1. The van der Waals surface area contributed by atoms with Crippen molar-refractivity contribution in [2.45, 2.75) is 163 Å². The van der Waals surface area contributed by atoms with Gasteiger partial charge < -0.3 is 103 Å². The summed E-state index contributed by atoms with van der Waals surface area (Å²) in [6.45, 7) is 0.129. The summed E-state index contributed by atoms with van der Waals surface area (Å²) in [7, 11) is -5.39. The number of carbonyl (C=O) groups excluding carboxylic acids is 9. The number of likely N-dealkylation sites (tertiary alicyclic amines) is 4. The third-order valence-corrected chi connectivity index (χ3v) is 15.9. The number of aliphatic hydroxyl groups excluding tert-OH is 4. The number of phosphoric acid groups is 1. The first kappa shape index (κ1) is 68.7. The number of phenols is 2. The molecule has 4 aliphatic rings. The van der Waals surface area contributed by atoms with Crippen LogP contribution in [0.25, 0.3) is 0 Å². The molecule has 0 aliphatic carbocycles. The van der Waals surface area contributed by atoms with Gasteiger partial charge in [-0.3, -0.25) is 47.7 Å². The number of phenolic OH excluding ortho intramolecular Hbond substituents is 2. The van der Waals surface area contributed by atoms with Gasteiger partial charge in [-0.2, -0.15) is 0 Å². The molecule has 14 atom stereocenters. The van der Waals surface area contributed by atoms with E-state index in [0.29, 0.717) is 18.4 Å². The zero-order valence-electron chi connectivity index (χ0n) is 47.8. The summed E-state index contributed by atoms with van der Waals surface area (Å²) in [6, 6.07) is -4.69. The molecule has 0 radical (unpaired) electrons. The van der Waals surface area contributed by atoms with Gasteiger partial charge in [0.2, 0.25) is 53.2 Å². The Hall–Kier alpha value is -7.39. The molecule has 2 aromatic rings. The van der Waals surface area contributed by atoms with Crippen LogP contribution in [0.4, 0.5) is 0 Å². The summed E-state index contributed by atoms with van der Waals surface area (Å²) < 4.78 is 16.7. The molecule has 0 saturated carbocycles. The molecular weight excluding hydrogens is 1170 g/mol. The molecule has 4 heterocycles. The molecule has 6 rings (SSSR count). The number of aromatic hydroxyl groups is 2. The molecule has 4 saturated heterocycles. The highest BCUT2D eigenvalue weighted by atomic mass is 31.2. The number of carboxylic acids is 1. The lowest BCUT2D eigenvalue weighted by molar-refractivity contribution is -0.149. The Morgan fingerprint density at radius 1 is 0.609 bits per heavy atom. The first-order chi connectivity index (χ1) is 41.0. The third kappa shape index (κ3) is 18.6. The molecule has 87 heavy (non-hydrogen) atoms. The molecule has 18 N–H and O–H groups in total. The van der Waals surface area contributed by atoms with E-state index < -0.39 is 197 Å². The number of β-amino-alcohol motifs (C(OH)–C–C–N with tert-alkyl or cyclic N) is 3. The number of benzene rings is 2. The van der Waals surface area contributed by atoms with Crippen LogP contribution in [0.2, 0.25) is 0 Å². The van der Waals surface area contributed by atoms with Gasteiger partial charge in [0.1, 0.15) is 65.9 Å². The lowest BCUT2D eigenvalue weighted by Crippen LogP contribution is -2.61. The maximum atomic E-state index is 15.0. The number of nitrogens with one attached hydrogen (secondary N) is 5. The van der Waals surface area contributed by atoms with Crippen LogP contribution in [0.1, 0.15) is 76.3 Å². The molecule has 0 spiro atoms. The topological polar surface area (TPSA) is 504 Å². The summed E-state index contributed by atoms with van der Waals surface area (Å²) in [4.78, 5) is 163. The third-order valence-electron chi connectivity index (χ3n) is 15.5. The van der Waals surface area contributed by atoms with Crippen LogP contribution < -0.4 is 38.1 Å². The van der Waals surface area contributed by atoms with Gasteiger partial charge in [0.05, 0.1) is 37.1 Å². The molecule has 9 amide bonds. The average Bonchev–Trinajstić information content (AvgIpc) is 2.37. The zero-order chi connectivity index (χ0) is 64.2. The van der Waals surface area contributed by atoms with Gasteiger partial charge >= 0.3 is 13.8 Å². The predicted molar refractivity (Wildman–Crippen MR) is 300 cm³/mol. The molecule has 480 valence electrons. The van der Waals surface area contributed by atoms with Crippen molar-refractivity contribution >= 4 is 67.0 Å². The van der Waals surface area contributed by atoms with Crippen LogP contribution in [0.5, 0.6) is 11.5 Å². The van der Waals surface area contributed by atoms with Crippen molar-refractivity contribution < 1.29 is 103 Å². The number of carbonyl (C=O) groups is 10. The molecule has 0 aromatic heterocycles. The summed E-state index contributed by atoms with van der Waals surface area (Å²) in [5.41, 5.74) is 12.1. The van der Waals surface area contributed by atoms with E-state index in [1.807, 2.05) is 0 Å². The van der Waals surface area contributed by atoms with Gasteiger partial charge in [-0.1, -0.05) is 24.3 Å². The molecule has 0 unspecified atom stereocenters. The Bertz CT molecular complexity index is 2860. The fraction of sp³-hybridized carbons (Fsp3) is 0.593. The monoisotopic (exact) mass is 1250 g/mol. The second-order valence-corrected chi connectivity index (χ2v) is 23.5. The van der Waals surface area contributed by atoms with Crippen molar-refractivity contribution in [2.75, 3.05) is 39.3 Å². The molecule has 33 heteroatoms. The summed E-state index contributed by atoms with van der Waals surface area (Å²) in [5, 5.41) is 85.3. The van der Waals surface area contributed by atoms with Gasteiger partial charge in [0, 0.05) is 58.3 Å². The maximum Gasteiger partial charge on any atom is 0.469 e. The predicted octanol–water partition coefficient (Wildman–Crippen LogP) is -5.77. The van der Waals surface area contributed by atoms with Gasteiger partial charge in [-0.15, -0.1) is 0 Å². The molecule has 32 nitrogen and oxygen atoms in total. The van der Waals surface area contributed by atoms with E-state index >= 15 is 0 Å². The first-order valence-corrected chi connectivity index (χ1v) is 29.9. The number of nitrogens with two attached hydrogens (primary N) is 2. The maximum absolute atomic E-state index is 15.0. The number of phosphoric ester groups is 1. The highest BCUT2D eigenvalue weighted by Crippen LogP contribution is 2.36. The number of unbranched alkanes of at least 4 members (excludes halogenated alkanes) is 1. The van der Waals surface area contributed by atoms with Crippen molar-refractivity contribution in [3.05, 3.63) is 59.7 Å². The minimum absolute atomic E-state index is 0.0272. The Kier molecular flexibility index (Phi) is 24.1. The van der Waals surface area contributed by atoms with Gasteiger partial charge in [-0.05, 0) is 87.9 Å². The van der Waals surface area contributed by atoms with Gasteiger partial charge in [-0.25, -0.2) is 9.36 Å². The second-order valence-electron chi connectivity index (χ2n) is 22.3. The highest BCUT2D eigenvalue weighted by Gasteiger charge is 2.50. The lowest BCUT2D eigenvalue weighted by atomic mass is 10.0. The minimum Gasteiger partial charge on any atom is -0.508 e. The van der Waals surface area contributed by atoms with Crippen LogP contribution in [0, 0.1) is 0 Å². The van der Waals surface area contributed by atoms with Crippen molar-refractivity contribution in [2.24, 2.45) is 11.5 Å². The van der Waals surface area contributed by atoms with E-state index in [1.165, 1.54) is 60.4 Å². The SMILES string of the molecule is C[C@H](N)C(=O)N[C@@H](CCCCN)C(=O)N1CCC[C@H]1C(=O)N[C@@H](COP(=O)(O)O)C(=O)N[C@@H](Cc1ccc(O)cc1)C(=O)N1C[C@H](O)C[C@H]1C(=O)N1C[C@H](O)C[C@H]1C(=O)N[C@H](C(=O)N[C@@H](Cc1ccc(O)cc1)C(=O)N1C[C@H](O)C[C@H]1C(=O)O)[C@@H](C)O. The number of hydrogen-bond acceptors (Lipinski definition) is 20. The molecule has 4 aliphatic heterocycles. The van der Waals surface area contributed by atoms with Crippen molar-refractivity contribution in [3.8, 4) is 11.5 Å². The summed E-state index contributed by atoms with van der Waals surface area (Å²) in [5.74, 6) is -10.6. The van der Waals surface area contributed by atoms with Crippen LogP contribution in [0.15, 0.2) is 48.5 Å². The fourth-order valence-electron chi connectivity index (χ4n) is 11.0. The molecular formula is C54H78N11O21P. The van der Waals surface area contributed by atoms with Crippen LogP contribution >= 0.6 is 7.82 Å². The quantitative estimate of drug-likeness (QED) is 0.0293. The standard InChI is InChI=1S/C54H78N11O21P/c1-27(56)45(72)57-36(6-3-4-16-55)50(77)62-17-5-7-40(62)47(74)60-39(26-86-87(83,84)85)46(73)58-37(18-29-8-12-31(67)13-9-29)51(78)64-24-34(70)21-42(64)53(80)63-23-33(69)20-41(63)48(75)61-44(28(2)66)49(76)59-38(19-30-10-14-32(68)15-11-30)52(79)65-25-35(71)22-43(65)54(81)82/h8-15,27-28,33-44,66-71H,3-7,16-26,55-56H2,1-2H3,(H,57,72)(H,58,73)(H,59,76)(H,60,74)(H,61,75)(H,81,82)(H2,83,84,85)/t27-,28+,33+,34+,35+,36-,37-,38-,39-,40-,41-,42-,43-,44-/m0/s1. The fourth-order valence-corrected chi connectivity index (χ4v) is 11.3. The van der Waals surface area contributed by atoms with Crippen LogP contribution in [0.3, 0.4) is 0 Å². The van der Waals surface area contributed by atoms with Crippen LogP contribution in [-0.4, -0.2) is 248 Å². The van der Waals surface area contributed by atoms with Crippen molar-refractivity contribution in [1.82, 2.24) is 46.2 Å². The van der Waals surface area contributed by atoms with Crippen LogP contribution in [-0.2, 0) is 69.9 Å². The van der Waals surface area contributed by atoms with Gasteiger partial charge in [0.25, 0.3) is 0 Å². The van der Waals surface area contributed by atoms with E-state index in [0.717, 1.165) is 21.6 Å². The highest BCUT2D eigenvalue weighted by molar-refractivity contribution is 7.46.